The summed E-state index contributed by atoms with van der Waals surface area (Å²) in [5.41, 5.74) is 2.70. The highest BCUT2D eigenvalue weighted by Crippen LogP contribution is 2.29. The van der Waals surface area contributed by atoms with Gasteiger partial charge in [-0.15, -0.1) is 0 Å². The lowest BCUT2D eigenvalue weighted by Gasteiger charge is -2.19. The van der Waals surface area contributed by atoms with E-state index in [1.807, 2.05) is 0 Å². The van der Waals surface area contributed by atoms with E-state index in [0.717, 1.165) is 19.0 Å². The average Bonchev–Trinajstić information content (AvgIpc) is 2.86. The van der Waals surface area contributed by atoms with E-state index in [9.17, 15) is 0 Å². The zero-order valence-corrected chi connectivity index (χ0v) is 13.0. The number of rotatable bonds is 5. The van der Waals surface area contributed by atoms with Crippen LogP contribution in [0.15, 0.2) is 22.7 Å². The van der Waals surface area contributed by atoms with Crippen molar-refractivity contribution in [3.8, 4) is 0 Å². The molecule has 18 heavy (non-hydrogen) atoms. The molecular weight excluding hydrogens is 288 g/mol. The van der Waals surface area contributed by atoms with Crippen molar-refractivity contribution in [2.45, 2.75) is 33.2 Å². The van der Waals surface area contributed by atoms with Gasteiger partial charge in [0, 0.05) is 29.8 Å². The van der Waals surface area contributed by atoms with E-state index in [1.54, 1.807) is 0 Å². The third kappa shape index (κ3) is 3.27. The minimum Gasteiger partial charge on any atom is -0.371 e. The van der Waals surface area contributed by atoms with Gasteiger partial charge in [0.05, 0.1) is 0 Å². The molecule has 1 fully saturated rings. The Hall–Kier alpha value is -0.540. The number of nitrogens with one attached hydrogen (secondary N) is 1. The van der Waals surface area contributed by atoms with Crippen molar-refractivity contribution in [1.82, 2.24) is 5.32 Å². The summed E-state index contributed by atoms with van der Waals surface area (Å²) in [7, 11) is 0. The summed E-state index contributed by atoms with van der Waals surface area (Å²) in [6.07, 6.45) is 2.64. The molecule has 0 aromatic heterocycles. The Labute approximate surface area is 119 Å². The van der Waals surface area contributed by atoms with Gasteiger partial charge in [0.1, 0.15) is 0 Å². The van der Waals surface area contributed by atoms with Crippen LogP contribution >= 0.6 is 15.9 Å². The normalized spacial score (nSPS) is 19.5. The first-order valence-corrected chi connectivity index (χ1v) is 7.78. The van der Waals surface area contributed by atoms with E-state index in [2.05, 4.69) is 58.2 Å². The van der Waals surface area contributed by atoms with Crippen molar-refractivity contribution in [2.75, 3.05) is 24.5 Å². The van der Waals surface area contributed by atoms with Gasteiger partial charge in [-0.2, -0.15) is 0 Å². The van der Waals surface area contributed by atoms with Crippen LogP contribution < -0.4 is 10.2 Å². The van der Waals surface area contributed by atoms with Crippen LogP contribution in [0.25, 0.3) is 0 Å². The molecule has 3 heteroatoms. The van der Waals surface area contributed by atoms with Crippen LogP contribution in [0, 0.1) is 5.92 Å². The average molecular weight is 311 g/mol. The van der Waals surface area contributed by atoms with E-state index in [4.69, 9.17) is 0 Å². The first-order chi connectivity index (χ1) is 8.74. The molecule has 0 amide bonds. The smallest absolute Gasteiger partial charge is 0.0377 e. The second kappa shape index (κ2) is 6.58. The van der Waals surface area contributed by atoms with Crippen LogP contribution in [-0.2, 0) is 6.54 Å². The number of hydrogen-bond acceptors (Lipinski definition) is 2. The lowest BCUT2D eigenvalue weighted by atomic mass is 10.1. The predicted molar refractivity (Wildman–Crippen MR) is 82.1 cm³/mol. The number of anilines is 1. The third-order valence-corrected chi connectivity index (χ3v) is 4.57. The molecule has 1 aromatic rings. The lowest BCUT2D eigenvalue weighted by Crippen LogP contribution is -2.19. The van der Waals surface area contributed by atoms with Crippen molar-refractivity contribution in [3.63, 3.8) is 0 Å². The molecule has 1 aliphatic rings. The summed E-state index contributed by atoms with van der Waals surface area (Å²) in [6, 6.07) is 6.77. The fraction of sp³-hybridized carbons (Fsp3) is 0.600. The molecule has 1 saturated heterocycles. The maximum Gasteiger partial charge on any atom is 0.0377 e. The van der Waals surface area contributed by atoms with Crippen LogP contribution in [-0.4, -0.2) is 19.6 Å². The molecule has 1 aromatic carbocycles. The second-order valence-corrected chi connectivity index (χ2v) is 5.92. The first kappa shape index (κ1) is 13.9. The quantitative estimate of drug-likeness (QED) is 0.890. The van der Waals surface area contributed by atoms with Crippen LogP contribution in [0.1, 0.15) is 32.3 Å². The number of benzene rings is 1. The highest BCUT2D eigenvalue weighted by Gasteiger charge is 2.21. The summed E-state index contributed by atoms with van der Waals surface area (Å²) in [5.74, 6) is 0.880. The molecule has 1 unspecified atom stereocenters. The zero-order chi connectivity index (χ0) is 13.0. The second-order valence-electron chi connectivity index (χ2n) is 5.07. The fourth-order valence-corrected chi connectivity index (χ4v) is 3.04. The Bertz CT molecular complexity index is 392. The minimum absolute atomic E-state index is 0.880. The number of nitrogens with zero attached hydrogens (tertiary/aromatic N) is 1. The zero-order valence-electron chi connectivity index (χ0n) is 11.4. The fourth-order valence-electron chi connectivity index (χ4n) is 2.54. The summed E-state index contributed by atoms with van der Waals surface area (Å²) in [4.78, 5) is 2.51. The van der Waals surface area contributed by atoms with Gasteiger partial charge in [-0.1, -0.05) is 42.3 Å². The van der Waals surface area contributed by atoms with Gasteiger partial charge in [0.15, 0.2) is 0 Å². The number of halogens is 1. The highest BCUT2D eigenvalue weighted by molar-refractivity contribution is 9.10. The molecule has 1 atom stereocenters. The molecule has 1 N–H and O–H groups in total. The predicted octanol–water partition coefficient (Wildman–Crippen LogP) is 3.79. The SMILES string of the molecule is CCNCc1ccc(N2CCC(CC)C2)cc1Br. The van der Waals surface area contributed by atoms with Gasteiger partial charge in [-0.05, 0) is 36.6 Å². The van der Waals surface area contributed by atoms with Gasteiger partial charge >= 0.3 is 0 Å². The Morgan fingerprint density at radius 1 is 1.39 bits per heavy atom. The van der Waals surface area contributed by atoms with Gasteiger partial charge in [-0.25, -0.2) is 0 Å². The Balaban J connectivity index is 2.04. The summed E-state index contributed by atoms with van der Waals surface area (Å²) >= 11 is 3.69. The summed E-state index contributed by atoms with van der Waals surface area (Å²) < 4.78 is 1.22. The molecular formula is C15H23BrN2. The molecule has 1 aliphatic heterocycles. The summed E-state index contributed by atoms with van der Waals surface area (Å²) in [5, 5.41) is 3.37. The van der Waals surface area contributed by atoms with E-state index in [0.29, 0.717) is 0 Å². The molecule has 100 valence electrons. The number of hydrogen-bond donors (Lipinski definition) is 1. The van der Waals surface area contributed by atoms with Crippen molar-refractivity contribution < 1.29 is 0 Å². The Kier molecular flexibility index (Phi) is 5.07. The molecule has 2 rings (SSSR count). The van der Waals surface area contributed by atoms with Crippen LogP contribution in [0.2, 0.25) is 0 Å². The van der Waals surface area contributed by atoms with Crippen molar-refractivity contribution in [3.05, 3.63) is 28.2 Å². The highest BCUT2D eigenvalue weighted by atomic mass is 79.9. The van der Waals surface area contributed by atoms with Crippen LogP contribution in [0.3, 0.4) is 0 Å². The summed E-state index contributed by atoms with van der Waals surface area (Å²) in [6.45, 7) is 8.81. The monoisotopic (exact) mass is 310 g/mol. The molecule has 1 heterocycles. The lowest BCUT2D eigenvalue weighted by molar-refractivity contribution is 0.569. The van der Waals surface area contributed by atoms with E-state index >= 15 is 0 Å². The molecule has 0 saturated carbocycles. The van der Waals surface area contributed by atoms with E-state index in [1.165, 1.54) is 41.7 Å². The van der Waals surface area contributed by atoms with Gasteiger partial charge in [0.2, 0.25) is 0 Å². The molecule has 0 bridgehead atoms. The van der Waals surface area contributed by atoms with Crippen LogP contribution in [0.4, 0.5) is 5.69 Å². The maximum absolute atomic E-state index is 3.69. The van der Waals surface area contributed by atoms with Crippen LogP contribution in [0.5, 0.6) is 0 Å². The van der Waals surface area contributed by atoms with Gasteiger partial charge in [0.25, 0.3) is 0 Å². The minimum atomic E-state index is 0.880. The van der Waals surface area contributed by atoms with Gasteiger partial charge in [-0.3, -0.25) is 0 Å². The van der Waals surface area contributed by atoms with E-state index in [-0.39, 0.29) is 0 Å². The molecule has 0 spiro atoms. The van der Waals surface area contributed by atoms with E-state index < -0.39 is 0 Å². The molecule has 0 radical (unpaired) electrons. The standard InChI is InChI=1S/C15H23BrN2/c1-3-12-7-8-18(11-12)14-6-5-13(10-17-4-2)15(16)9-14/h5-6,9,12,17H,3-4,7-8,10-11H2,1-2H3. The third-order valence-electron chi connectivity index (χ3n) is 3.83. The Morgan fingerprint density at radius 2 is 2.22 bits per heavy atom. The van der Waals surface area contributed by atoms with Crippen molar-refractivity contribution in [2.24, 2.45) is 5.92 Å². The topological polar surface area (TPSA) is 15.3 Å². The van der Waals surface area contributed by atoms with Crippen molar-refractivity contribution >= 4 is 21.6 Å². The molecule has 0 aliphatic carbocycles. The molecule has 2 nitrogen and oxygen atoms in total. The Morgan fingerprint density at radius 3 is 2.83 bits per heavy atom. The van der Waals surface area contributed by atoms with Crippen molar-refractivity contribution in [1.29, 1.82) is 0 Å². The van der Waals surface area contributed by atoms with Gasteiger partial charge < -0.3 is 10.2 Å². The largest absolute Gasteiger partial charge is 0.371 e. The maximum atomic E-state index is 3.69. The first-order valence-electron chi connectivity index (χ1n) is 6.98.